The molecule has 3 nitrogen and oxygen atoms in total. The van der Waals surface area contributed by atoms with E-state index in [0.717, 1.165) is 49.9 Å². The Morgan fingerprint density at radius 3 is 2.24 bits per heavy atom. The zero-order valence-corrected chi connectivity index (χ0v) is 20.6. The molecule has 2 aromatic rings. The highest BCUT2D eigenvalue weighted by atomic mass is 16.7. The van der Waals surface area contributed by atoms with Gasteiger partial charge in [0, 0.05) is 11.5 Å². The molecule has 0 amide bonds. The van der Waals surface area contributed by atoms with E-state index in [2.05, 4.69) is 69.0 Å². The Labute approximate surface area is 201 Å². The summed E-state index contributed by atoms with van der Waals surface area (Å²) >= 11 is 0. The Bertz CT molecular complexity index is 788. The Hall–Kier alpha value is -2.10. The van der Waals surface area contributed by atoms with Crippen molar-refractivity contribution in [1.29, 1.82) is 0 Å². The van der Waals surface area contributed by atoms with E-state index in [-0.39, 0.29) is 6.29 Å². The number of rotatable bonds is 14. The van der Waals surface area contributed by atoms with E-state index in [1.165, 1.54) is 49.7 Å². The second-order valence-corrected chi connectivity index (χ2v) is 9.44. The van der Waals surface area contributed by atoms with Crippen LogP contribution < -0.4 is 4.74 Å². The number of ether oxygens (including phenoxy) is 3. The van der Waals surface area contributed by atoms with Crippen LogP contribution in [-0.2, 0) is 9.47 Å². The van der Waals surface area contributed by atoms with Crippen molar-refractivity contribution in [3.63, 3.8) is 0 Å². The predicted octanol–water partition coefficient (Wildman–Crippen LogP) is 8.36. The molecule has 1 heterocycles. The summed E-state index contributed by atoms with van der Waals surface area (Å²) in [4.78, 5) is 0. The summed E-state index contributed by atoms with van der Waals surface area (Å²) in [6.45, 7) is 10.7. The van der Waals surface area contributed by atoms with Crippen molar-refractivity contribution in [2.45, 2.75) is 71.5 Å². The van der Waals surface area contributed by atoms with Gasteiger partial charge in [-0.25, -0.2) is 0 Å². The van der Waals surface area contributed by atoms with Crippen LogP contribution in [-0.4, -0.2) is 19.8 Å². The van der Waals surface area contributed by atoms with Crippen LogP contribution in [0.1, 0.15) is 77.1 Å². The van der Waals surface area contributed by atoms with Crippen LogP contribution >= 0.6 is 0 Å². The highest BCUT2D eigenvalue weighted by Crippen LogP contribution is 2.30. The van der Waals surface area contributed by atoms with Crippen molar-refractivity contribution in [1.82, 2.24) is 0 Å². The maximum Gasteiger partial charge on any atom is 0.183 e. The second kappa shape index (κ2) is 14.2. The van der Waals surface area contributed by atoms with Gasteiger partial charge in [-0.3, -0.25) is 0 Å². The molecule has 3 rings (SSSR count). The minimum Gasteiger partial charge on any atom is -0.494 e. The molecule has 2 aromatic carbocycles. The molecule has 0 N–H and O–H groups in total. The lowest BCUT2D eigenvalue weighted by Crippen LogP contribution is -2.27. The average molecular weight is 451 g/mol. The minimum atomic E-state index is -0.243. The third kappa shape index (κ3) is 8.64. The van der Waals surface area contributed by atoms with Crippen LogP contribution in [0.2, 0.25) is 0 Å². The second-order valence-electron chi connectivity index (χ2n) is 9.44. The number of unbranched alkanes of at least 4 members (excludes halogenated alkanes) is 3. The quantitative estimate of drug-likeness (QED) is 0.214. The molecule has 1 atom stereocenters. The predicted molar refractivity (Wildman–Crippen MR) is 137 cm³/mol. The van der Waals surface area contributed by atoms with Gasteiger partial charge in [0.1, 0.15) is 5.75 Å². The standard InChI is InChI=1S/C30H42O3/c1-4-6-7-8-9-21-31-29-19-17-27(18-20-29)26-13-15-28(16-14-26)30-32-22-25(23-33-30)12-10-11-24(3)5-2/h4,13-20,24-25,30H,1,5-12,21-23H2,2-3H3/t24-,25?,30?/m0/s1. The summed E-state index contributed by atoms with van der Waals surface area (Å²) in [5.74, 6) is 2.28. The van der Waals surface area contributed by atoms with Gasteiger partial charge in [0.15, 0.2) is 6.29 Å². The van der Waals surface area contributed by atoms with E-state index in [0.29, 0.717) is 5.92 Å². The Morgan fingerprint density at radius 1 is 0.939 bits per heavy atom. The minimum absolute atomic E-state index is 0.243. The lowest BCUT2D eigenvalue weighted by molar-refractivity contribution is -0.206. The number of hydrogen-bond donors (Lipinski definition) is 0. The number of allylic oxidation sites excluding steroid dienone is 1. The van der Waals surface area contributed by atoms with Gasteiger partial charge in [0.25, 0.3) is 0 Å². The molecule has 0 bridgehead atoms. The number of benzene rings is 2. The van der Waals surface area contributed by atoms with E-state index in [1.54, 1.807) is 0 Å². The van der Waals surface area contributed by atoms with Gasteiger partial charge in [-0.05, 0) is 61.3 Å². The Kier molecular flexibility index (Phi) is 11.0. The van der Waals surface area contributed by atoms with E-state index in [1.807, 2.05) is 6.08 Å². The molecule has 1 saturated heterocycles. The molecular formula is C30H42O3. The average Bonchev–Trinajstić information content (AvgIpc) is 2.87. The van der Waals surface area contributed by atoms with Crippen LogP contribution in [0.5, 0.6) is 5.75 Å². The fourth-order valence-electron chi connectivity index (χ4n) is 4.20. The van der Waals surface area contributed by atoms with Crippen molar-refractivity contribution in [2.75, 3.05) is 19.8 Å². The molecule has 1 aliphatic rings. The topological polar surface area (TPSA) is 27.7 Å². The maximum atomic E-state index is 6.05. The summed E-state index contributed by atoms with van der Waals surface area (Å²) < 4.78 is 18.0. The first kappa shape index (κ1) is 25.5. The van der Waals surface area contributed by atoms with Crippen LogP contribution in [0.15, 0.2) is 61.2 Å². The van der Waals surface area contributed by atoms with Gasteiger partial charge >= 0.3 is 0 Å². The van der Waals surface area contributed by atoms with Crippen molar-refractivity contribution in [3.05, 3.63) is 66.7 Å². The fourth-order valence-corrected chi connectivity index (χ4v) is 4.20. The monoisotopic (exact) mass is 450 g/mol. The lowest BCUT2D eigenvalue weighted by atomic mass is 9.96. The molecule has 0 unspecified atom stereocenters. The Morgan fingerprint density at radius 2 is 1.61 bits per heavy atom. The SMILES string of the molecule is C=CCCCCCOc1ccc(-c2ccc(C3OCC(CCC[C@@H](C)CC)CO3)cc2)cc1. The fraction of sp³-hybridized carbons (Fsp3) is 0.533. The van der Waals surface area contributed by atoms with Crippen molar-refractivity contribution >= 4 is 0 Å². The van der Waals surface area contributed by atoms with Crippen molar-refractivity contribution in [2.24, 2.45) is 11.8 Å². The molecule has 3 heteroatoms. The smallest absolute Gasteiger partial charge is 0.183 e. The molecule has 1 fully saturated rings. The van der Waals surface area contributed by atoms with E-state index in [4.69, 9.17) is 14.2 Å². The first-order valence-corrected chi connectivity index (χ1v) is 12.9. The molecule has 180 valence electrons. The molecule has 0 radical (unpaired) electrons. The third-order valence-corrected chi connectivity index (χ3v) is 6.66. The largest absolute Gasteiger partial charge is 0.494 e. The van der Waals surface area contributed by atoms with Gasteiger partial charge in [0.05, 0.1) is 19.8 Å². The molecule has 0 saturated carbocycles. The first-order valence-electron chi connectivity index (χ1n) is 12.9. The summed E-state index contributed by atoms with van der Waals surface area (Å²) in [6, 6.07) is 16.9. The van der Waals surface area contributed by atoms with Crippen LogP contribution in [0, 0.1) is 11.8 Å². The van der Waals surface area contributed by atoms with Crippen molar-refractivity contribution < 1.29 is 14.2 Å². The molecule has 0 aromatic heterocycles. The first-order chi connectivity index (χ1) is 16.2. The van der Waals surface area contributed by atoms with Gasteiger partial charge in [-0.15, -0.1) is 6.58 Å². The van der Waals surface area contributed by atoms with Crippen LogP contribution in [0.4, 0.5) is 0 Å². The summed E-state index contributed by atoms with van der Waals surface area (Å²) in [5.41, 5.74) is 3.47. The molecule has 0 aliphatic carbocycles. The van der Waals surface area contributed by atoms with E-state index in [9.17, 15) is 0 Å². The molecule has 1 aliphatic heterocycles. The summed E-state index contributed by atoms with van der Waals surface area (Å²) in [5, 5.41) is 0. The zero-order valence-electron chi connectivity index (χ0n) is 20.6. The highest BCUT2D eigenvalue weighted by molar-refractivity contribution is 5.64. The molecule has 33 heavy (non-hydrogen) atoms. The lowest BCUT2D eigenvalue weighted by Gasteiger charge is -2.30. The van der Waals surface area contributed by atoms with Crippen LogP contribution in [0.25, 0.3) is 11.1 Å². The van der Waals surface area contributed by atoms with Crippen molar-refractivity contribution in [3.8, 4) is 16.9 Å². The zero-order chi connectivity index (χ0) is 23.3. The Balaban J connectivity index is 1.41. The van der Waals surface area contributed by atoms with Crippen LogP contribution in [0.3, 0.4) is 0 Å². The number of hydrogen-bond acceptors (Lipinski definition) is 3. The van der Waals surface area contributed by atoms with Gasteiger partial charge in [0.2, 0.25) is 0 Å². The third-order valence-electron chi connectivity index (χ3n) is 6.66. The maximum absolute atomic E-state index is 6.05. The molecular weight excluding hydrogens is 408 g/mol. The van der Waals surface area contributed by atoms with Gasteiger partial charge in [-0.2, -0.15) is 0 Å². The molecule has 0 spiro atoms. The van der Waals surface area contributed by atoms with E-state index >= 15 is 0 Å². The summed E-state index contributed by atoms with van der Waals surface area (Å²) in [7, 11) is 0. The highest BCUT2D eigenvalue weighted by Gasteiger charge is 2.23. The van der Waals surface area contributed by atoms with Gasteiger partial charge in [-0.1, -0.05) is 75.6 Å². The van der Waals surface area contributed by atoms with E-state index < -0.39 is 0 Å². The van der Waals surface area contributed by atoms with Gasteiger partial charge < -0.3 is 14.2 Å². The normalized spacial score (nSPS) is 19.2. The summed E-state index contributed by atoms with van der Waals surface area (Å²) in [6.07, 6.45) is 11.3.